The molecule has 0 bridgehead atoms. The van der Waals surface area contributed by atoms with E-state index in [9.17, 15) is 9.59 Å². The molecule has 1 aliphatic rings. The first-order valence-electron chi connectivity index (χ1n) is 9.43. The second-order valence-electron chi connectivity index (χ2n) is 6.89. The van der Waals surface area contributed by atoms with Gasteiger partial charge in [-0.15, -0.1) is 6.58 Å². The van der Waals surface area contributed by atoms with Crippen molar-refractivity contribution in [2.24, 2.45) is 5.10 Å². The van der Waals surface area contributed by atoms with Crippen LogP contribution in [0.3, 0.4) is 0 Å². The molecular formula is C23H17N5O2. The smallest absolute Gasteiger partial charge is 0.259 e. The van der Waals surface area contributed by atoms with Gasteiger partial charge in [0.2, 0.25) is 0 Å². The Hall–Kier alpha value is -4.26. The van der Waals surface area contributed by atoms with Crippen LogP contribution in [0.4, 0.5) is 5.82 Å². The zero-order chi connectivity index (χ0) is 20.7. The van der Waals surface area contributed by atoms with Gasteiger partial charge in [0.05, 0.1) is 22.9 Å². The molecule has 0 spiro atoms. The predicted molar refractivity (Wildman–Crippen MR) is 117 cm³/mol. The van der Waals surface area contributed by atoms with Crippen molar-refractivity contribution in [2.75, 3.05) is 5.43 Å². The number of hydrogen-bond acceptors (Lipinski definition) is 5. The van der Waals surface area contributed by atoms with E-state index in [4.69, 9.17) is 0 Å². The highest BCUT2D eigenvalue weighted by Gasteiger charge is 2.33. The molecule has 2 amide bonds. The van der Waals surface area contributed by atoms with Crippen molar-refractivity contribution < 1.29 is 9.59 Å². The molecule has 0 aliphatic carbocycles. The summed E-state index contributed by atoms with van der Waals surface area (Å²) >= 11 is 0. The maximum Gasteiger partial charge on any atom is 0.259 e. The van der Waals surface area contributed by atoms with E-state index < -0.39 is 11.8 Å². The van der Waals surface area contributed by atoms with Gasteiger partial charge in [0.1, 0.15) is 5.82 Å². The number of imide groups is 1. The summed E-state index contributed by atoms with van der Waals surface area (Å²) in [6.07, 6.45) is 5.00. The van der Waals surface area contributed by atoms with Gasteiger partial charge in [-0.25, -0.2) is 4.98 Å². The molecule has 0 saturated carbocycles. The largest absolute Gasteiger partial charge is 0.337 e. The van der Waals surface area contributed by atoms with Crippen LogP contribution in [0.2, 0.25) is 0 Å². The number of amides is 2. The number of allylic oxidation sites excluding steroid dienone is 1. The number of fused-ring (bicyclic) bond motifs is 5. The Morgan fingerprint density at radius 3 is 2.67 bits per heavy atom. The number of benzene rings is 2. The SMILES string of the molecule is C=CCn1c2ccccc2c2c3c(c(/C=N/Nc4ccccn4)cc21)C(=O)NC3=O. The third kappa shape index (κ3) is 2.68. The summed E-state index contributed by atoms with van der Waals surface area (Å²) < 4.78 is 2.08. The Morgan fingerprint density at radius 2 is 1.87 bits per heavy atom. The summed E-state index contributed by atoms with van der Waals surface area (Å²) in [7, 11) is 0. The van der Waals surface area contributed by atoms with E-state index >= 15 is 0 Å². The number of para-hydroxylation sites is 1. The molecule has 1 aliphatic heterocycles. The number of hydrazone groups is 1. The average molecular weight is 395 g/mol. The number of hydrogen-bond donors (Lipinski definition) is 2. The number of anilines is 1. The first-order valence-corrected chi connectivity index (χ1v) is 9.43. The molecule has 2 aromatic carbocycles. The number of rotatable bonds is 5. The Bertz CT molecular complexity index is 1370. The van der Waals surface area contributed by atoms with Crippen molar-refractivity contribution in [1.82, 2.24) is 14.9 Å². The van der Waals surface area contributed by atoms with Gasteiger partial charge in [0.15, 0.2) is 0 Å². The first kappa shape index (κ1) is 17.8. The molecule has 2 N–H and O–H groups in total. The molecule has 4 aromatic rings. The van der Waals surface area contributed by atoms with Crippen molar-refractivity contribution in [3.8, 4) is 0 Å². The van der Waals surface area contributed by atoms with Crippen molar-refractivity contribution in [1.29, 1.82) is 0 Å². The monoisotopic (exact) mass is 395 g/mol. The van der Waals surface area contributed by atoms with E-state index in [1.165, 1.54) is 0 Å². The standard InChI is InChI=1S/C23H17N5O2/c1-2-11-28-16-8-4-3-7-15(16)20-17(28)12-14(19-21(20)23(30)26-22(19)29)13-25-27-18-9-5-6-10-24-18/h2-10,12-13H,1,11H2,(H,24,27)(H,26,29,30)/b25-13+. The van der Waals surface area contributed by atoms with Gasteiger partial charge in [0.25, 0.3) is 11.8 Å². The number of carbonyl (C=O) groups is 2. The molecule has 2 aromatic heterocycles. The molecule has 0 atom stereocenters. The van der Waals surface area contributed by atoms with Gasteiger partial charge < -0.3 is 4.57 Å². The molecule has 146 valence electrons. The van der Waals surface area contributed by atoms with Crippen LogP contribution in [0.25, 0.3) is 21.8 Å². The number of pyridine rings is 1. The fourth-order valence-corrected chi connectivity index (χ4v) is 3.95. The molecule has 30 heavy (non-hydrogen) atoms. The number of carbonyl (C=O) groups excluding carboxylic acids is 2. The first-order chi connectivity index (χ1) is 14.7. The minimum absolute atomic E-state index is 0.334. The molecule has 0 radical (unpaired) electrons. The van der Waals surface area contributed by atoms with Crippen LogP contribution in [-0.2, 0) is 6.54 Å². The molecule has 0 saturated heterocycles. The number of nitrogens with zero attached hydrogens (tertiary/aromatic N) is 3. The van der Waals surface area contributed by atoms with E-state index in [-0.39, 0.29) is 0 Å². The predicted octanol–water partition coefficient (Wildman–Crippen LogP) is 3.71. The lowest BCUT2D eigenvalue weighted by Crippen LogP contribution is -2.20. The van der Waals surface area contributed by atoms with Crippen LogP contribution in [-0.4, -0.2) is 27.6 Å². The normalized spacial score (nSPS) is 13.2. The van der Waals surface area contributed by atoms with E-state index in [0.29, 0.717) is 29.1 Å². The van der Waals surface area contributed by atoms with Crippen LogP contribution in [0.1, 0.15) is 26.3 Å². The van der Waals surface area contributed by atoms with Gasteiger partial charge in [-0.05, 0) is 24.3 Å². The van der Waals surface area contributed by atoms with Crippen molar-refractivity contribution in [2.45, 2.75) is 6.54 Å². The highest BCUT2D eigenvalue weighted by molar-refractivity contribution is 6.32. The maximum atomic E-state index is 12.7. The molecule has 0 fully saturated rings. The lowest BCUT2D eigenvalue weighted by Gasteiger charge is -2.07. The molecule has 7 nitrogen and oxygen atoms in total. The third-order valence-electron chi connectivity index (χ3n) is 5.13. The molecule has 7 heteroatoms. The summed E-state index contributed by atoms with van der Waals surface area (Å²) in [6, 6.07) is 15.2. The van der Waals surface area contributed by atoms with Gasteiger partial charge in [-0.3, -0.25) is 20.3 Å². The lowest BCUT2D eigenvalue weighted by atomic mass is 9.97. The van der Waals surface area contributed by atoms with Gasteiger partial charge in [0, 0.05) is 34.6 Å². The summed E-state index contributed by atoms with van der Waals surface area (Å²) in [5, 5.41) is 8.34. The molecule has 5 rings (SSSR count). The second kappa shape index (κ2) is 6.97. The highest BCUT2D eigenvalue weighted by atomic mass is 16.2. The Labute approximate surface area is 171 Å². The van der Waals surface area contributed by atoms with Crippen LogP contribution in [0.15, 0.2) is 72.5 Å². The molecule has 3 heterocycles. The van der Waals surface area contributed by atoms with Gasteiger partial charge >= 0.3 is 0 Å². The minimum Gasteiger partial charge on any atom is -0.337 e. The van der Waals surface area contributed by atoms with Crippen molar-refractivity contribution in [3.63, 3.8) is 0 Å². The summed E-state index contributed by atoms with van der Waals surface area (Å²) in [5.41, 5.74) is 5.94. The van der Waals surface area contributed by atoms with Crippen molar-refractivity contribution >= 4 is 45.7 Å². The minimum atomic E-state index is -0.420. The summed E-state index contributed by atoms with van der Waals surface area (Å²) in [5.74, 6) is -0.237. The zero-order valence-corrected chi connectivity index (χ0v) is 15.9. The highest BCUT2D eigenvalue weighted by Crippen LogP contribution is 2.36. The number of aromatic nitrogens is 2. The van der Waals surface area contributed by atoms with E-state index in [1.54, 1.807) is 24.6 Å². The molecular weight excluding hydrogens is 378 g/mol. The van der Waals surface area contributed by atoms with E-state index in [1.807, 2.05) is 42.5 Å². The van der Waals surface area contributed by atoms with E-state index in [2.05, 4.69) is 32.0 Å². The quantitative estimate of drug-likeness (QED) is 0.233. The summed E-state index contributed by atoms with van der Waals surface area (Å²) in [6.45, 7) is 4.43. The van der Waals surface area contributed by atoms with Gasteiger partial charge in [-0.2, -0.15) is 5.10 Å². The Balaban J connectivity index is 1.76. The van der Waals surface area contributed by atoms with Crippen LogP contribution in [0, 0.1) is 0 Å². The van der Waals surface area contributed by atoms with Crippen molar-refractivity contribution in [3.05, 3.63) is 84.1 Å². The average Bonchev–Trinajstić information content (AvgIpc) is 3.23. The van der Waals surface area contributed by atoms with Crippen LogP contribution < -0.4 is 10.7 Å². The maximum absolute atomic E-state index is 12.7. The Kier molecular flexibility index (Phi) is 4.14. The Morgan fingerprint density at radius 1 is 1.07 bits per heavy atom. The summed E-state index contributed by atoms with van der Waals surface area (Å²) in [4.78, 5) is 29.5. The van der Waals surface area contributed by atoms with Crippen LogP contribution in [0.5, 0.6) is 0 Å². The fraction of sp³-hybridized carbons (Fsp3) is 0.0435. The van der Waals surface area contributed by atoms with Crippen LogP contribution >= 0.6 is 0 Å². The number of nitrogens with one attached hydrogen (secondary N) is 2. The van der Waals surface area contributed by atoms with Gasteiger partial charge in [-0.1, -0.05) is 30.3 Å². The molecule has 0 unspecified atom stereocenters. The fourth-order valence-electron chi connectivity index (χ4n) is 3.95. The second-order valence-corrected chi connectivity index (χ2v) is 6.89. The topological polar surface area (TPSA) is 88.4 Å². The third-order valence-corrected chi connectivity index (χ3v) is 5.13. The lowest BCUT2D eigenvalue weighted by molar-refractivity contribution is 0.0880. The zero-order valence-electron chi connectivity index (χ0n) is 15.9. The van der Waals surface area contributed by atoms with E-state index in [0.717, 1.165) is 21.8 Å².